The number of hydrogen-bond acceptors (Lipinski definition) is 5. The van der Waals surface area contributed by atoms with Crippen molar-refractivity contribution in [2.75, 3.05) is 61.6 Å². The van der Waals surface area contributed by atoms with Crippen LogP contribution in [0.3, 0.4) is 0 Å². The van der Waals surface area contributed by atoms with Crippen LogP contribution in [-0.2, 0) is 13.3 Å². The van der Waals surface area contributed by atoms with Crippen LogP contribution in [0.4, 0.5) is 0 Å². The van der Waals surface area contributed by atoms with Gasteiger partial charge in [-0.1, -0.05) is 0 Å². The van der Waals surface area contributed by atoms with Crippen molar-refractivity contribution >= 4 is 9.53 Å². The summed E-state index contributed by atoms with van der Waals surface area (Å²) < 4.78 is 16.2. The SMILES string of the molecule is CO[SiH](OCCN(C)C)OCCN(C)C. The first-order valence-electron chi connectivity index (χ1n) is 5.11. The summed E-state index contributed by atoms with van der Waals surface area (Å²) in [6.07, 6.45) is 0. The highest BCUT2D eigenvalue weighted by Gasteiger charge is 2.12. The molecule has 0 unspecified atom stereocenters. The van der Waals surface area contributed by atoms with Crippen molar-refractivity contribution in [3.8, 4) is 0 Å². The van der Waals surface area contributed by atoms with E-state index in [0.717, 1.165) is 13.1 Å². The summed E-state index contributed by atoms with van der Waals surface area (Å²) in [5.74, 6) is 0. The molecule has 0 saturated carbocycles. The molecule has 6 heteroatoms. The molecule has 0 amide bonds. The van der Waals surface area contributed by atoms with Gasteiger partial charge in [-0.15, -0.1) is 0 Å². The lowest BCUT2D eigenvalue weighted by Crippen LogP contribution is -2.32. The van der Waals surface area contributed by atoms with E-state index in [2.05, 4.69) is 9.80 Å². The molecule has 0 heterocycles. The molecule has 92 valence electrons. The molecular weight excluding hydrogens is 212 g/mol. The fourth-order valence-corrected chi connectivity index (χ4v) is 1.81. The predicted molar refractivity (Wildman–Crippen MR) is 63.2 cm³/mol. The Bertz CT molecular complexity index is 133. The molecule has 0 aromatic carbocycles. The Morgan fingerprint density at radius 1 is 0.867 bits per heavy atom. The van der Waals surface area contributed by atoms with E-state index in [1.165, 1.54) is 0 Å². The maximum Gasteiger partial charge on any atom is 0.484 e. The molecular formula is C9H24N2O3Si. The van der Waals surface area contributed by atoms with Crippen LogP contribution in [0.15, 0.2) is 0 Å². The Kier molecular flexibility index (Phi) is 9.27. The lowest BCUT2D eigenvalue weighted by Gasteiger charge is -2.17. The number of hydrogen-bond donors (Lipinski definition) is 0. The normalized spacial score (nSPS) is 12.0. The van der Waals surface area contributed by atoms with Crippen LogP contribution in [0.25, 0.3) is 0 Å². The van der Waals surface area contributed by atoms with Crippen molar-refractivity contribution in [3.63, 3.8) is 0 Å². The average Bonchev–Trinajstić information content (AvgIpc) is 2.14. The second kappa shape index (κ2) is 9.26. The van der Waals surface area contributed by atoms with Crippen LogP contribution in [0.2, 0.25) is 0 Å². The first-order chi connectivity index (χ1) is 7.06. The molecule has 15 heavy (non-hydrogen) atoms. The van der Waals surface area contributed by atoms with Gasteiger partial charge in [0.2, 0.25) is 0 Å². The summed E-state index contributed by atoms with van der Waals surface area (Å²) in [5.41, 5.74) is 0. The molecule has 0 aliphatic carbocycles. The Labute approximate surface area is 94.9 Å². The molecule has 0 saturated heterocycles. The molecule has 0 aliphatic heterocycles. The Hall–Kier alpha value is 0.0169. The zero-order valence-corrected chi connectivity index (χ0v) is 11.7. The first-order valence-corrected chi connectivity index (χ1v) is 6.53. The van der Waals surface area contributed by atoms with Crippen molar-refractivity contribution in [2.45, 2.75) is 0 Å². The molecule has 0 aromatic rings. The largest absolute Gasteiger partial charge is 0.484 e. The second-order valence-corrected chi connectivity index (χ2v) is 5.59. The van der Waals surface area contributed by atoms with E-state index >= 15 is 0 Å². The molecule has 0 rings (SSSR count). The van der Waals surface area contributed by atoms with Crippen LogP contribution < -0.4 is 0 Å². The van der Waals surface area contributed by atoms with E-state index in [0.29, 0.717) is 13.2 Å². The first kappa shape index (κ1) is 15.0. The molecule has 5 nitrogen and oxygen atoms in total. The zero-order valence-electron chi connectivity index (χ0n) is 10.5. The molecule has 0 aromatic heterocycles. The fraction of sp³-hybridized carbons (Fsp3) is 1.00. The molecule has 0 spiro atoms. The van der Waals surface area contributed by atoms with Crippen molar-refractivity contribution in [3.05, 3.63) is 0 Å². The lowest BCUT2D eigenvalue weighted by molar-refractivity contribution is 0.0995. The Morgan fingerprint density at radius 2 is 1.27 bits per heavy atom. The minimum Gasteiger partial charge on any atom is -0.379 e. The van der Waals surface area contributed by atoms with Crippen molar-refractivity contribution < 1.29 is 13.3 Å². The van der Waals surface area contributed by atoms with Crippen molar-refractivity contribution in [1.29, 1.82) is 0 Å². The molecule has 0 N–H and O–H groups in total. The molecule has 0 atom stereocenters. The van der Waals surface area contributed by atoms with Crippen molar-refractivity contribution in [1.82, 2.24) is 9.80 Å². The molecule has 0 fully saturated rings. The van der Waals surface area contributed by atoms with E-state index in [-0.39, 0.29) is 0 Å². The van der Waals surface area contributed by atoms with Gasteiger partial charge >= 0.3 is 9.53 Å². The van der Waals surface area contributed by atoms with Crippen LogP contribution in [0, 0.1) is 0 Å². The van der Waals surface area contributed by atoms with Crippen LogP contribution in [-0.4, -0.2) is 80.9 Å². The number of likely N-dealkylation sites (N-methyl/N-ethyl adjacent to an activating group) is 2. The third-order valence-electron chi connectivity index (χ3n) is 1.78. The summed E-state index contributed by atoms with van der Waals surface area (Å²) >= 11 is 0. The van der Waals surface area contributed by atoms with Gasteiger partial charge in [0.15, 0.2) is 0 Å². The summed E-state index contributed by atoms with van der Waals surface area (Å²) in [6.45, 7) is 3.12. The van der Waals surface area contributed by atoms with Gasteiger partial charge in [-0.25, -0.2) is 0 Å². The third-order valence-corrected chi connectivity index (χ3v) is 3.18. The van der Waals surface area contributed by atoms with E-state index < -0.39 is 9.53 Å². The predicted octanol–water partition coefficient (Wildman–Crippen LogP) is -0.494. The van der Waals surface area contributed by atoms with Gasteiger partial charge in [-0.05, 0) is 28.2 Å². The second-order valence-electron chi connectivity index (χ2n) is 3.87. The van der Waals surface area contributed by atoms with E-state index in [1.807, 2.05) is 28.2 Å². The van der Waals surface area contributed by atoms with Gasteiger partial charge in [0.1, 0.15) is 0 Å². The topological polar surface area (TPSA) is 34.2 Å². The van der Waals surface area contributed by atoms with Gasteiger partial charge < -0.3 is 23.1 Å². The molecule has 0 bridgehead atoms. The highest BCUT2D eigenvalue weighted by molar-refractivity contribution is 6.36. The lowest BCUT2D eigenvalue weighted by atomic mass is 10.6. The standard InChI is InChI=1S/C9H24N2O3Si/c1-10(2)6-8-13-15(12-5)14-9-7-11(3)4/h15H,6-9H2,1-5H3. The smallest absolute Gasteiger partial charge is 0.379 e. The molecule has 0 aliphatic rings. The summed E-state index contributed by atoms with van der Waals surface area (Å²) in [7, 11) is 7.81. The van der Waals surface area contributed by atoms with Gasteiger partial charge in [-0.2, -0.15) is 0 Å². The summed E-state index contributed by atoms with van der Waals surface area (Å²) in [5, 5.41) is 0. The summed E-state index contributed by atoms with van der Waals surface area (Å²) in [6, 6.07) is 0. The van der Waals surface area contributed by atoms with E-state index in [4.69, 9.17) is 13.3 Å². The van der Waals surface area contributed by atoms with Gasteiger partial charge in [0.05, 0.1) is 13.2 Å². The number of rotatable bonds is 9. The summed E-state index contributed by atoms with van der Waals surface area (Å²) in [4.78, 5) is 4.14. The van der Waals surface area contributed by atoms with Gasteiger partial charge in [-0.3, -0.25) is 0 Å². The van der Waals surface area contributed by atoms with Crippen LogP contribution in [0.1, 0.15) is 0 Å². The Balaban J connectivity index is 3.46. The van der Waals surface area contributed by atoms with Crippen LogP contribution >= 0.6 is 0 Å². The van der Waals surface area contributed by atoms with E-state index in [9.17, 15) is 0 Å². The van der Waals surface area contributed by atoms with Gasteiger partial charge in [0.25, 0.3) is 0 Å². The minimum absolute atomic E-state index is 0.666. The van der Waals surface area contributed by atoms with E-state index in [1.54, 1.807) is 7.11 Å². The van der Waals surface area contributed by atoms with Gasteiger partial charge in [0, 0.05) is 20.2 Å². The number of nitrogens with zero attached hydrogens (tertiary/aromatic N) is 2. The monoisotopic (exact) mass is 236 g/mol. The average molecular weight is 236 g/mol. The highest BCUT2D eigenvalue weighted by Crippen LogP contribution is 1.91. The highest BCUT2D eigenvalue weighted by atomic mass is 28.3. The maximum absolute atomic E-state index is 5.52. The zero-order chi connectivity index (χ0) is 11.7. The third kappa shape index (κ3) is 10.3. The Morgan fingerprint density at radius 3 is 1.53 bits per heavy atom. The quantitative estimate of drug-likeness (QED) is 0.505. The fourth-order valence-electron chi connectivity index (χ4n) is 0.847. The minimum atomic E-state index is -1.88. The van der Waals surface area contributed by atoms with Crippen LogP contribution in [0.5, 0.6) is 0 Å². The van der Waals surface area contributed by atoms with Crippen molar-refractivity contribution in [2.24, 2.45) is 0 Å². The maximum atomic E-state index is 5.52. The molecule has 0 radical (unpaired) electrons.